The maximum absolute atomic E-state index is 11.7. The van der Waals surface area contributed by atoms with E-state index in [0.29, 0.717) is 18.8 Å². The van der Waals surface area contributed by atoms with Crippen LogP contribution in [0, 0.1) is 0 Å². The fourth-order valence-corrected chi connectivity index (χ4v) is 1.66. The van der Waals surface area contributed by atoms with Gasteiger partial charge in [0.05, 0.1) is 19.1 Å². The van der Waals surface area contributed by atoms with Crippen LogP contribution in [-0.4, -0.2) is 59.4 Å². The van der Waals surface area contributed by atoms with Gasteiger partial charge in [-0.05, 0) is 0 Å². The highest BCUT2D eigenvalue weighted by atomic mass is 16.2. The second-order valence-corrected chi connectivity index (χ2v) is 3.78. The Morgan fingerprint density at radius 2 is 2.18 bits per heavy atom. The Balaban J connectivity index is 1.77. The molecule has 7 nitrogen and oxygen atoms in total. The Morgan fingerprint density at radius 1 is 1.41 bits per heavy atom. The minimum absolute atomic E-state index is 0.0256. The number of imidazole rings is 1. The molecule has 0 unspecified atom stereocenters. The van der Waals surface area contributed by atoms with Crippen molar-refractivity contribution in [2.24, 2.45) is 0 Å². The van der Waals surface area contributed by atoms with Crippen LogP contribution in [0.5, 0.6) is 0 Å². The topological polar surface area (TPSA) is 90.1 Å². The number of nitrogens with one attached hydrogen (secondary N) is 3. The molecule has 0 spiro atoms. The summed E-state index contributed by atoms with van der Waals surface area (Å²) in [6.45, 7) is 3.02. The van der Waals surface area contributed by atoms with Gasteiger partial charge in [-0.1, -0.05) is 0 Å². The monoisotopic (exact) mass is 237 g/mol. The molecule has 2 heterocycles. The van der Waals surface area contributed by atoms with Gasteiger partial charge < -0.3 is 20.5 Å². The number of carbonyl (C=O) groups excluding carboxylic acids is 2. The van der Waals surface area contributed by atoms with Gasteiger partial charge in [0.1, 0.15) is 5.69 Å². The van der Waals surface area contributed by atoms with Crippen molar-refractivity contribution in [2.75, 3.05) is 32.7 Å². The van der Waals surface area contributed by atoms with Gasteiger partial charge in [-0.15, -0.1) is 0 Å². The first-order valence-electron chi connectivity index (χ1n) is 5.52. The molecule has 1 aromatic heterocycles. The van der Waals surface area contributed by atoms with Crippen LogP contribution in [0.25, 0.3) is 0 Å². The first kappa shape index (κ1) is 11.6. The normalized spacial score (nSPS) is 15.6. The van der Waals surface area contributed by atoms with Gasteiger partial charge in [-0.3, -0.25) is 9.59 Å². The lowest BCUT2D eigenvalue weighted by molar-refractivity contribution is -0.130. The molecular formula is C10H15N5O2. The number of nitrogens with zero attached hydrogens (tertiary/aromatic N) is 2. The number of carbonyl (C=O) groups is 2. The summed E-state index contributed by atoms with van der Waals surface area (Å²) in [7, 11) is 0. The van der Waals surface area contributed by atoms with Crippen molar-refractivity contribution in [3.05, 3.63) is 18.2 Å². The molecule has 1 aliphatic heterocycles. The van der Waals surface area contributed by atoms with E-state index in [0.717, 1.165) is 13.1 Å². The fraction of sp³-hybridized carbons (Fsp3) is 0.500. The molecule has 17 heavy (non-hydrogen) atoms. The molecule has 1 aromatic rings. The first-order chi connectivity index (χ1) is 8.27. The fourth-order valence-electron chi connectivity index (χ4n) is 1.66. The third-order valence-electron chi connectivity index (χ3n) is 2.61. The van der Waals surface area contributed by atoms with Gasteiger partial charge in [-0.2, -0.15) is 0 Å². The minimum Gasteiger partial charge on any atom is -0.342 e. The molecule has 0 bridgehead atoms. The Bertz CT molecular complexity index is 383. The molecule has 0 aliphatic carbocycles. The molecule has 3 N–H and O–H groups in total. The van der Waals surface area contributed by atoms with Gasteiger partial charge in [0.2, 0.25) is 5.91 Å². The summed E-state index contributed by atoms with van der Waals surface area (Å²) >= 11 is 0. The number of piperazine rings is 1. The van der Waals surface area contributed by atoms with Gasteiger partial charge in [-0.25, -0.2) is 4.98 Å². The van der Waals surface area contributed by atoms with Crippen molar-refractivity contribution in [3.8, 4) is 0 Å². The smallest absolute Gasteiger partial charge is 0.269 e. The number of hydrogen-bond acceptors (Lipinski definition) is 4. The van der Waals surface area contributed by atoms with Crippen LogP contribution in [0.2, 0.25) is 0 Å². The van der Waals surface area contributed by atoms with E-state index in [1.807, 2.05) is 0 Å². The molecular weight excluding hydrogens is 222 g/mol. The zero-order valence-corrected chi connectivity index (χ0v) is 9.40. The van der Waals surface area contributed by atoms with Crippen molar-refractivity contribution < 1.29 is 9.59 Å². The molecule has 1 aliphatic rings. The molecule has 92 valence electrons. The summed E-state index contributed by atoms with van der Waals surface area (Å²) < 4.78 is 0. The molecule has 0 atom stereocenters. The van der Waals surface area contributed by atoms with Gasteiger partial charge >= 0.3 is 0 Å². The predicted molar refractivity (Wildman–Crippen MR) is 60.4 cm³/mol. The second kappa shape index (κ2) is 5.44. The van der Waals surface area contributed by atoms with Crippen molar-refractivity contribution in [1.82, 2.24) is 25.5 Å². The van der Waals surface area contributed by atoms with Crippen LogP contribution in [0.4, 0.5) is 0 Å². The molecule has 1 saturated heterocycles. The van der Waals surface area contributed by atoms with Crippen LogP contribution in [0.1, 0.15) is 10.5 Å². The summed E-state index contributed by atoms with van der Waals surface area (Å²) in [6.07, 6.45) is 2.84. The predicted octanol–water partition coefficient (Wildman–Crippen LogP) is -1.43. The van der Waals surface area contributed by atoms with E-state index in [-0.39, 0.29) is 18.4 Å². The van der Waals surface area contributed by atoms with Crippen LogP contribution in [0.3, 0.4) is 0 Å². The molecule has 0 aromatic carbocycles. The lowest BCUT2D eigenvalue weighted by atomic mass is 10.3. The minimum atomic E-state index is -0.314. The quantitative estimate of drug-likeness (QED) is 0.601. The van der Waals surface area contributed by atoms with E-state index < -0.39 is 0 Å². The second-order valence-electron chi connectivity index (χ2n) is 3.78. The maximum atomic E-state index is 11.7. The number of aromatic amines is 1. The zero-order chi connectivity index (χ0) is 12.1. The van der Waals surface area contributed by atoms with Gasteiger partial charge in [0.25, 0.3) is 5.91 Å². The highest BCUT2D eigenvalue weighted by Crippen LogP contribution is 1.94. The summed E-state index contributed by atoms with van der Waals surface area (Å²) in [4.78, 5) is 31.4. The number of aromatic nitrogens is 2. The molecule has 7 heteroatoms. The van der Waals surface area contributed by atoms with E-state index in [1.54, 1.807) is 4.90 Å². The summed E-state index contributed by atoms with van der Waals surface area (Å²) in [6, 6.07) is 0. The van der Waals surface area contributed by atoms with Crippen LogP contribution < -0.4 is 10.6 Å². The largest absolute Gasteiger partial charge is 0.342 e. The zero-order valence-electron chi connectivity index (χ0n) is 9.40. The number of amides is 2. The molecule has 0 saturated carbocycles. The highest BCUT2D eigenvalue weighted by molar-refractivity contribution is 5.94. The summed E-state index contributed by atoms with van der Waals surface area (Å²) in [5.41, 5.74) is 0.359. The Morgan fingerprint density at radius 3 is 2.82 bits per heavy atom. The first-order valence-corrected chi connectivity index (χ1v) is 5.52. The van der Waals surface area contributed by atoms with Crippen LogP contribution >= 0.6 is 0 Å². The average Bonchev–Trinajstić information content (AvgIpc) is 2.90. The Labute approximate surface area is 98.6 Å². The van der Waals surface area contributed by atoms with Crippen molar-refractivity contribution in [2.45, 2.75) is 0 Å². The molecule has 2 rings (SSSR count). The van der Waals surface area contributed by atoms with Gasteiger partial charge in [0, 0.05) is 26.2 Å². The van der Waals surface area contributed by atoms with E-state index in [1.165, 1.54) is 12.5 Å². The number of H-pyrrole nitrogens is 1. The van der Waals surface area contributed by atoms with Crippen molar-refractivity contribution in [3.63, 3.8) is 0 Å². The third kappa shape index (κ3) is 3.04. The standard InChI is InChI=1S/C10H15N5O2/c16-9(15-3-1-11-2-4-15)6-13-10(17)8-5-12-7-14-8/h5,7,11H,1-4,6H2,(H,12,14)(H,13,17). The van der Waals surface area contributed by atoms with E-state index in [9.17, 15) is 9.59 Å². The highest BCUT2D eigenvalue weighted by Gasteiger charge is 2.17. The lowest BCUT2D eigenvalue weighted by Gasteiger charge is -2.27. The molecule has 2 amide bonds. The SMILES string of the molecule is O=C(NCC(=O)N1CCNCC1)c1cnc[nH]1. The van der Waals surface area contributed by atoms with E-state index >= 15 is 0 Å². The van der Waals surface area contributed by atoms with Crippen LogP contribution in [-0.2, 0) is 4.79 Å². The number of hydrogen-bond donors (Lipinski definition) is 3. The Kier molecular flexibility index (Phi) is 3.71. The van der Waals surface area contributed by atoms with Gasteiger partial charge in [0.15, 0.2) is 0 Å². The van der Waals surface area contributed by atoms with E-state index in [4.69, 9.17) is 0 Å². The third-order valence-corrected chi connectivity index (χ3v) is 2.61. The van der Waals surface area contributed by atoms with Crippen molar-refractivity contribution in [1.29, 1.82) is 0 Å². The molecule has 0 radical (unpaired) electrons. The summed E-state index contributed by atoms with van der Waals surface area (Å²) in [5.74, 6) is -0.370. The molecule has 1 fully saturated rings. The summed E-state index contributed by atoms with van der Waals surface area (Å²) in [5, 5.41) is 5.72. The maximum Gasteiger partial charge on any atom is 0.269 e. The van der Waals surface area contributed by atoms with E-state index in [2.05, 4.69) is 20.6 Å². The Hall–Kier alpha value is -1.89. The average molecular weight is 237 g/mol. The lowest BCUT2D eigenvalue weighted by Crippen LogP contribution is -2.49. The van der Waals surface area contributed by atoms with Crippen LogP contribution in [0.15, 0.2) is 12.5 Å². The number of rotatable bonds is 3. The van der Waals surface area contributed by atoms with Crippen molar-refractivity contribution >= 4 is 11.8 Å².